The second kappa shape index (κ2) is 3.41. The van der Waals surface area contributed by atoms with Crippen LogP contribution in [0.5, 0.6) is 5.75 Å². The molecule has 1 heterocycles. The number of rotatable bonds is 1. The molecule has 0 spiro atoms. The Kier molecular flexibility index (Phi) is 2.34. The molecule has 0 radical (unpaired) electrons. The van der Waals surface area contributed by atoms with Crippen LogP contribution in [0.15, 0.2) is 27.4 Å². The van der Waals surface area contributed by atoms with E-state index < -0.39 is 12.1 Å². The minimum absolute atomic E-state index is 0.0401. The highest BCUT2D eigenvalue weighted by Gasteiger charge is 2.32. The molecule has 1 aromatic carbocycles. The molecule has 1 aromatic heterocycles. The molecule has 2 aromatic rings. The molecule has 0 N–H and O–H groups in total. The van der Waals surface area contributed by atoms with Crippen molar-refractivity contribution in [3.05, 3.63) is 23.0 Å². The molecule has 15 heavy (non-hydrogen) atoms. The Labute approximate surface area is 90.0 Å². The standard InChI is InChI=1S/C8H3BrF3NO2/c9-7-13-4-2-1-3-5(6(4)14-7)15-8(10,11)12/h1-3H. The van der Waals surface area contributed by atoms with Crippen molar-refractivity contribution in [2.45, 2.75) is 6.36 Å². The molecule has 0 amide bonds. The van der Waals surface area contributed by atoms with Gasteiger partial charge in [0.2, 0.25) is 0 Å². The Balaban J connectivity index is 2.51. The third-order valence-corrected chi connectivity index (χ3v) is 1.92. The van der Waals surface area contributed by atoms with Gasteiger partial charge in [-0.3, -0.25) is 0 Å². The summed E-state index contributed by atoms with van der Waals surface area (Å²) in [7, 11) is 0. The fourth-order valence-electron chi connectivity index (χ4n) is 1.10. The lowest BCUT2D eigenvalue weighted by Crippen LogP contribution is -2.17. The zero-order chi connectivity index (χ0) is 11.1. The van der Waals surface area contributed by atoms with Crippen LogP contribution in [0.4, 0.5) is 13.2 Å². The van der Waals surface area contributed by atoms with Crippen LogP contribution >= 0.6 is 15.9 Å². The van der Waals surface area contributed by atoms with Gasteiger partial charge < -0.3 is 9.15 Å². The molecule has 2 rings (SSSR count). The number of aromatic nitrogens is 1. The fourth-order valence-corrected chi connectivity index (χ4v) is 1.45. The van der Waals surface area contributed by atoms with Gasteiger partial charge in [-0.1, -0.05) is 6.07 Å². The quantitative estimate of drug-likeness (QED) is 0.803. The predicted octanol–water partition coefficient (Wildman–Crippen LogP) is 3.49. The van der Waals surface area contributed by atoms with Gasteiger partial charge in [0.25, 0.3) is 4.80 Å². The highest BCUT2D eigenvalue weighted by Crippen LogP contribution is 2.31. The van der Waals surface area contributed by atoms with Crippen LogP contribution < -0.4 is 4.74 Å². The topological polar surface area (TPSA) is 35.3 Å². The van der Waals surface area contributed by atoms with Gasteiger partial charge in [0.15, 0.2) is 11.3 Å². The van der Waals surface area contributed by atoms with Crippen LogP contribution in [-0.2, 0) is 0 Å². The van der Waals surface area contributed by atoms with E-state index in [2.05, 4.69) is 25.7 Å². The van der Waals surface area contributed by atoms with E-state index >= 15 is 0 Å². The Morgan fingerprint density at radius 1 is 1.33 bits per heavy atom. The molecule has 0 aliphatic rings. The summed E-state index contributed by atoms with van der Waals surface area (Å²) in [6.45, 7) is 0. The van der Waals surface area contributed by atoms with Gasteiger partial charge in [0, 0.05) is 15.9 Å². The van der Waals surface area contributed by atoms with E-state index in [4.69, 9.17) is 4.42 Å². The molecule has 7 heteroatoms. The summed E-state index contributed by atoms with van der Waals surface area (Å²) in [6.07, 6.45) is -4.74. The van der Waals surface area contributed by atoms with E-state index in [0.29, 0.717) is 5.52 Å². The number of hydrogen-bond donors (Lipinski definition) is 0. The molecule has 0 atom stereocenters. The Morgan fingerprint density at radius 2 is 2.07 bits per heavy atom. The molecule has 0 fully saturated rings. The molecular formula is C8H3BrF3NO2. The second-order valence-corrected chi connectivity index (χ2v) is 3.30. The van der Waals surface area contributed by atoms with Gasteiger partial charge in [-0.15, -0.1) is 13.2 Å². The number of benzene rings is 1. The van der Waals surface area contributed by atoms with Crippen LogP contribution in [0.25, 0.3) is 11.1 Å². The van der Waals surface area contributed by atoms with Gasteiger partial charge in [0.1, 0.15) is 5.52 Å². The summed E-state index contributed by atoms with van der Waals surface area (Å²) in [5, 5.41) is 0. The summed E-state index contributed by atoms with van der Waals surface area (Å²) in [6, 6.07) is 4.08. The number of hydrogen-bond acceptors (Lipinski definition) is 3. The maximum atomic E-state index is 12.0. The Hall–Kier alpha value is -1.24. The Morgan fingerprint density at radius 3 is 2.73 bits per heavy atom. The normalized spacial score (nSPS) is 12.0. The molecule has 0 bridgehead atoms. The first-order valence-electron chi connectivity index (χ1n) is 3.76. The summed E-state index contributed by atoms with van der Waals surface area (Å²) in [5.74, 6) is -0.404. The fraction of sp³-hybridized carbons (Fsp3) is 0.125. The SMILES string of the molecule is FC(F)(F)Oc1cccc2nc(Br)oc12. The maximum Gasteiger partial charge on any atom is 0.573 e. The van der Waals surface area contributed by atoms with Gasteiger partial charge in [-0.25, -0.2) is 4.98 Å². The minimum Gasteiger partial charge on any atom is -0.427 e. The number of ether oxygens (including phenoxy) is 1. The smallest absolute Gasteiger partial charge is 0.427 e. The summed E-state index contributed by atoms with van der Waals surface area (Å²) >= 11 is 2.92. The van der Waals surface area contributed by atoms with Crippen molar-refractivity contribution in [3.8, 4) is 5.75 Å². The van der Waals surface area contributed by atoms with E-state index in [0.717, 1.165) is 6.07 Å². The second-order valence-electron chi connectivity index (χ2n) is 2.62. The molecule has 80 valence electrons. The molecule has 3 nitrogen and oxygen atoms in total. The van der Waals surface area contributed by atoms with E-state index in [9.17, 15) is 13.2 Å². The van der Waals surface area contributed by atoms with Crippen LogP contribution in [0.2, 0.25) is 0 Å². The minimum atomic E-state index is -4.74. The van der Waals surface area contributed by atoms with Crippen LogP contribution in [-0.4, -0.2) is 11.3 Å². The lowest BCUT2D eigenvalue weighted by molar-refractivity contribution is -0.274. The van der Waals surface area contributed by atoms with Gasteiger partial charge in [0.05, 0.1) is 0 Å². The van der Waals surface area contributed by atoms with Gasteiger partial charge in [-0.2, -0.15) is 0 Å². The first kappa shape index (κ1) is 10.3. The average molecular weight is 282 g/mol. The zero-order valence-corrected chi connectivity index (χ0v) is 8.59. The van der Waals surface area contributed by atoms with Crippen molar-refractivity contribution >= 4 is 27.0 Å². The monoisotopic (exact) mass is 281 g/mol. The van der Waals surface area contributed by atoms with Gasteiger partial charge >= 0.3 is 6.36 Å². The third-order valence-electron chi connectivity index (χ3n) is 1.58. The van der Waals surface area contributed by atoms with Crippen LogP contribution in [0.3, 0.4) is 0 Å². The van der Waals surface area contributed by atoms with E-state index in [1.54, 1.807) is 0 Å². The largest absolute Gasteiger partial charge is 0.573 e. The van der Waals surface area contributed by atoms with Gasteiger partial charge in [-0.05, 0) is 12.1 Å². The lowest BCUT2D eigenvalue weighted by atomic mass is 10.3. The molecule has 0 saturated heterocycles. The number of halogens is 4. The number of fused-ring (bicyclic) bond motifs is 1. The van der Waals surface area contributed by atoms with Crippen LogP contribution in [0, 0.1) is 0 Å². The van der Waals surface area contributed by atoms with Crippen molar-refractivity contribution in [2.75, 3.05) is 0 Å². The number of nitrogens with zero attached hydrogens (tertiary/aromatic N) is 1. The predicted molar refractivity (Wildman–Crippen MR) is 48.4 cm³/mol. The molecular weight excluding hydrogens is 279 g/mol. The van der Waals surface area contributed by atoms with Crippen molar-refractivity contribution in [2.24, 2.45) is 0 Å². The lowest BCUT2D eigenvalue weighted by Gasteiger charge is -2.07. The molecule has 0 aliphatic heterocycles. The average Bonchev–Trinajstić information content (AvgIpc) is 2.43. The summed E-state index contributed by atoms with van der Waals surface area (Å²) in [4.78, 5) is 3.91. The number of alkyl halides is 3. The maximum absolute atomic E-state index is 12.0. The third kappa shape index (κ3) is 2.23. The molecule has 0 aliphatic carbocycles. The summed E-state index contributed by atoms with van der Waals surface area (Å²) in [5.41, 5.74) is 0.255. The van der Waals surface area contributed by atoms with Crippen LogP contribution in [0.1, 0.15) is 0 Å². The highest BCUT2D eigenvalue weighted by molar-refractivity contribution is 9.10. The number of oxazole rings is 1. The van der Waals surface area contributed by atoms with E-state index in [1.165, 1.54) is 12.1 Å². The zero-order valence-electron chi connectivity index (χ0n) is 7.01. The molecule has 0 unspecified atom stereocenters. The van der Waals surface area contributed by atoms with Crippen molar-refractivity contribution in [1.29, 1.82) is 0 Å². The first-order chi connectivity index (χ1) is 6.96. The summed E-state index contributed by atoms with van der Waals surface area (Å²) < 4.78 is 44.6. The highest BCUT2D eigenvalue weighted by atomic mass is 79.9. The van der Waals surface area contributed by atoms with Crippen molar-refractivity contribution < 1.29 is 22.3 Å². The molecule has 0 saturated carbocycles. The Bertz CT molecular complexity index is 494. The van der Waals surface area contributed by atoms with Crippen molar-refractivity contribution in [3.63, 3.8) is 0 Å². The van der Waals surface area contributed by atoms with E-state index in [-0.39, 0.29) is 10.4 Å². The van der Waals surface area contributed by atoms with Crippen molar-refractivity contribution in [1.82, 2.24) is 4.98 Å². The van der Waals surface area contributed by atoms with E-state index in [1.807, 2.05) is 0 Å². The number of para-hydroxylation sites is 1. The first-order valence-corrected chi connectivity index (χ1v) is 4.56.